The highest BCUT2D eigenvalue weighted by molar-refractivity contribution is 5.79. The minimum atomic E-state index is -1.35. The van der Waals surface area contributed by atoms with Crippen LogP contribution in [-0.4, -0.2) is 22.5 Å². The Morgan fingerprint density at radius 2 is 2.04 bits per heavy atom. The molecule has 2 N–H and O–H groups in total. The fourth-order valence-electron chi connectivity index (χ4n) is 2.16. The van der Waals surface area contributed by atoms with Gasteiger partial charge in [0, 0.05) is 11.6 Å². The van der Waals surface area contributed by atoms with E-state index in [2.05, 4.69) is 5.32 Å². The van der Waals surface area contributed by atoms with Gasteiger partial charge in [0.15, 0.2) is 0 Å². The number of nitrogens with zero attached hydrogens (tertiary/aromatic N) is 1. The molecule has 1 heterocycles. The van der Waals surface area contributed by atoms with E-state index in [0.29, 0.717) is 17.1 Å². The molecule has 1 atom stereocenters. The Morgan fingerprint density at radius 1 is 1.35 bits per heavy atom. The van der Waals surface area contributed by atoms with Crippen LogP contribution < -0.4 is 5.32 Å². The van der Waals surface area contributed by atoms with Gasteiger partial charge < -0.3 is 14.8 Å². The smallest absolute Gasteiger partial charge is 0.273 e. The van der Waals surface area contributed by atoms with E-state index >= 15 is 0 Å². The van der Waals surface area contributed by atoms with Crippen LogP contribution in [-0.2, 0) is 16.8 Å². The van der Waals surface area contributed by atoms with Crippen LogP contribution in [0.15, 0.2) is 40.8 Å². The Balaban J connectivity index is 1.99. The molecular formula is C16H18N2O5. The summed E-state index contributed by atoms with van der Waals surface area (Å²) in [5, 5.41) is 23.8. The first-order chi connectivity index (χ1) is 10.8. The zero-order valence-electron chi connectivity index (χ0n) is 12.9. The van der Waals surface area contributed by atoms with Crippen LogP contribution in [0.2, 0.25) is 0 Å². The van der Waals surface area contributed by atoms with Gasteiger partial charge in [0.25, 0.3) is 5.69 Å². The third-order valence-electron chi connectivity index (χ3n) is 3.44. The summed E-state index contributed by atoms with van der Waals surface area (Å²) in [5.41, 5.74) is -1.13. The first-order valence-corrected chi connectivity index (χ1v) is 7.08. The predicted molar refractivity (Wildman–Crippen MR) is 82.8 cm³/mol. The van der Waals surface area contributed by atoms with Gasteiger partial charge in [-0.15, -0.1) is 0 Å². The summed E-state index contributed by atoms with van der Waals surface area (Å²) in [6.07, 6.45) is -0.135. The van der Waals surface area contributed by atoms with E-state index in [0.717, 1.165) is 0 Å². The van der Waals surface area contributed by atoms with Crippen molar-refractivity contribution < 1.29 is 19.2 Å². The van der Waals surface area contributed by atoms with Crippen LogP contribution in [0, 0.1) is 17.0 Å². The van der Waals surface area contributed by atoms with E-state index in [-0.39, 0.29) is 18.7 Å². The number of carbonyl (C=O) groups excluding carboxylic acids is 1. The molecule has 23 heavy (non-hydrogen) atoms. The number of nitro benzene ring substituents is 1. The Morgan fingerprint density at radius 3 is 2.65 bits per heavy atom. The van der Waals surface area contributed by atoms with Gasteiger partial charge in [0.2, 0.25) is 5.91 Å². The van der Waals surface area contributed by atoms with Crippen LogP contribution in [0.1, 0.15) is 24.0 Å². The van der Waals surface area contributed by atoms with E-state index in [1.165, 1.54) is 19.1 Å². The van der Waals surface area contributed by atoms with Crippen molar-refractivity contribution in [3.8, 4) is 0 Å². The van der Waals surface area contributed by atoms with Crippen molar-refractivity contribution >= 4 is 11.6 Å². The molecule has 7 nitrogen and oxygen atoms in total. The highest BCUT2D eigenvalue weighted by Gasteiger charge is 2.27. The summed E-state index contributed by atoms with van der Waals surface area (Å²) in [6, 6.07) is 9.43. The average Bonchev–Trinajstić information content (AvgIpc) is 2.93. The maximum atomic E-state index is 12.0. The monoisotopic (exact) mass is 318 g/mol. The number of furan rings is 1. The van der Waals surface area contributed by atoms with Crippen LogP contribution >= 0.6 is 0 Å². The number of nitrogens with one attached hydrogen (secondary N) is 1. The molecule has 0 fully saturated rings. The lowest BCUT2D eigenvalue weighted by Crippen LogP contribution is -2.39. The van der Waals surface area contributed by atoms with Gasteiger partial charge in [-0.3, -0.25) is 14.9 Å². The predicted octanol–water partition coefficient (Wildman–Crippen LogP) is 2.06. The SMILES string of the molecule is Cc1ccc(C(C)(O)CNC(=O)Cc2ccccc2[N+](=O)[O-])o1. The molecule has 0 aliphatic rings. The van der Waals surface area contributed by atoms with E-state index in [4.69, 9.17) is 4.42 Å². The topological polar surface area (TPSA) is 106 Å². The summed E-state index contributed by atoms with van der Waals surface area (Å²) in [6.45, 7) is 3.22. The van der Waals surface area contributed by atoms with E-state index < -0.39 is 16.4 Å². The molecule has 0 radical (unpaired) electrons. The van der Waals surface area contributed by atoms with Crippen molar-refractivity contribution in [3.05, 3.63) is 63.6 Å². The molecule has 122 valence electrons. The quantitative estimate of drug-likeness (QED) is 0.626. The number of hydrogen-bond donors (Lipinski definition) is 2. The second-order valence-corrected chi connectivity index (χ2v) is 5.52. The fraction of sp³-hybridized carbons (Fsp3) is 0.312. The number of rotatable bonds is 6. The summed E-state index contributed by atoms with van der Waals surface area (Å²) < 4.78 is 5.36. The zero-order valence-corrected chi connectivity index (χ0v) is 12.9. The number of para-hydroxylation sites is 1. The second kappa shape index (κ2) is 6.62. The molecule has 2 aromatic rings. The molecule has 0 saturated heterocycles. The molecule has 0 aliphatic heterocycles. The lowest BCUT2D eigenvalue weighted by atomic mass is 10.0. The summed E-state index contributed by atoms with van der Waals surface area (Å²) in [4.78, 5) is 22.4. The van der Waals surface area contributed by atoms with Crippen molar-refractivity contribution in [1.29, 1.82) is 0 Å². The Hall–Kier alpha value is -2.67. The van der Waals surface area contributed by atoms with Gasteiger partial charge >= 0.3 is 0 Å². The molecule has 7 heteroatoms. The van der Waals surface area contributed by atoms with Crippen molar-refractivity contribution in [2.24, 2.45) is 0 Å². The van der Waals surface area contributed by atoms with Crippen molar-refractivity contribution in [3.63, 3.8) is 0 Å². The van der Waals surface area contributed by atoms with E-state index in [9.17, 15) is 20.0 Å². The minimum absolute atomic E-state index is 0.0561. The van der Waals surface area contributed by atoms with Crippen molar-refractivity contribution in [2.75, 3.05) is 6.54 Å². The molecule has 0 bridgehead atoms. The Labute approximate surface area is 133 Å². The number of aryl methyl sites for hydroxylation is 1. The number of amides is 1. The minimum Gasteiger partial charge on any atom is -0.463 e. The van der Waals surface area contributed by atoms with Crippen molar-refractivity contribution in [2.45, 2.75) is 25.9 Å². The van der Waals surface area contributed by atoms with Crippen LogP contribution in [0.25, 0.3) is 0 Å². The van der Waals surface area contributed by atoms with Gasteiger partial charge in [0.1, 0.15) is 17.1 Å². The number of benzene rings is 1. The maximum absolute atomic E-state index is 12.0. The molecule has 0 spiro atoms. The second-order valence-electron chi connectivity index (χ2n) is 5.52. The standard InChI is InChI=1S/C16H18N2O5/c1-11-7-8-14(23-11)16(2,20)10-17-15(19)9-12-5-3-4-6-13(12)18(21)22/h3-8,20H,9-10H2,1-2H3,(H,17,19). The normalized spacial score (nSPS) is 13.3. The van der Waals surface area contributed by atoms with E-state index in [1.807, 2.05) is 0 Å². The molecule has 0 saturated carbocycles. The summed E-state index contributed by atoms with van der Waals surface area (Å²) >= 11 is 0. The largest absolute Gasteiger partial charge is 0.463 e. The molecule has 1 amide bonds. The molecule has 1 aromatic carbocycles. The molecule has 1 unspecified atom stereocenters. The maximum Gasteiger partial charge on any atom is 0.273 e. The van der Waals surface area contributed by atoms with Crippen LogP contribution in [0.5, 0.6) is 0 Å². The number of aliphatic hydroxyl groups is 1. The van der Waals surface area contributed by atoms with Gasteiger partial charge in [-0.1, -0.05) is 18.2 Å². The lowest BCUT2D eigenvalue weighted by Gasteiger charge is -2.21. The molecule has 2 rings (SSSR count). The Bertz CT molecular complexity index is 721. The lowest BCUT2D eigenvalue weighted by molar-refractivity contribution is -0.385. The van der Waals surface area contributed by atoms with Gasteiger partial charge in [-0.05, 0) is 26.0 Å². The first-order valence-electron chi connectivity index (χ1n) is 7.08. The Kier molecular flexibility index (Phi) is 4.80. The van der Waals surface area contributed by atoms with E-state index in [1.54, 1.807) is 31.2 Å². The fourth-order valence-corrected chi connectivity index (χ4v) is 2.16. The average molecular weight is 318 g/mol. The van der Waals surface area contributed by atoms with Crippen LogP contribution in [0.3, 0.4) is 0 Å². The zero-order chi connectivity index (χ0) is 17.0. The van der Waals surface area contributed by atoms with Gasteiger partial charge in [-0.25, -0.2) is 0 Å². The van der Waals surface area contributed by atoms with Gasteiger partial charge in [-0.2, -0.15) is 0 Å². The highest BCUT2D eigenvalue weighted by Crippen LogP contribution is 2.22. The summed E-state index contributed by atoms with van der Waals surface area (Å²) in [5.74, 6) is 0.593. The number of nitro groups is 1. The molecule has 0 aliphatic carbocycles. The first kappa shape index (κ1) is 16.7. The number of carbonyl (C=O) groups is 1. The molecule has 1 aromatic heterocycles. The summed E-state index contributed by atoms with van der Waals surface area (Å²) in [7, 11) is 0. The van der Waals surface area contributed by atoms with Crippen LogP contribution in [0.4, 0.5) is 5.69 Å². The van der Waals surface area contributed by atoms with Crippen molar-refractivity contribution in [1.82, 2.24) is 5.32 Å². The highest BCUT2D eigenvalue weighted by atomic mass is 16.6. The molecular weight excluding hydrogens is 300 g/mol. The number of hydrogen-bond acceptors (Lipinski definition) is 5. The third-order valence-corrected chi connectivity index (χ3v) is 3.44. The third kappa shape index (κ3) is 4.17. The van der Waals surface area contributed by atoms with Gasteiger partial charge in [0.05, 0.1) is 17.9 Å².